The van der Waals surface area contributed by atoms with Crippen molar-refractivity contribution in [1.29, 1.82) is 0 Å². The van der Waals surface area contributed by atoms with Crippen molar-refractivity contribution < 1.29 is 0 Å². The van der Waals surface area contributed by atoms with E-state index in [1.54, 1.807) is 0 Å². The van der Waals surface area contributed by atoms with Gasteiger partial charge in [0.05, 0.1) is 12.1 Å². The van der Waals surface area contributed by atoms with Crippen LogP contribution in [0.2, 0.25) is 0 Å². The maximum Gasteiger partial charge on any atom is 0.0552 e. The second-order valence-corrected chi connectivity index (χ2v) is 16.8. The van der Waals surface area contributed by atoms with E-state index >= 15 is 0 Å². The Morgan fingerprint density at radius 3 is 0.783 bits per heavy atom. The summed E-state index contributed by atoms with van der Waals surface area (Å²) in [4.78, 5) is 5.60. The lowest BCUT2D eigenvalue weighted by Gasteiger charge is -2.43. The van der Waals surface area contributed by atoms with Crippen LogP contribution in [-0.2, 0) is 26.2 Å². The SMILES string of the molecule is c1ccc(C(C(c2ccccc2)N2Cc3ccc4ccccc4c3-c3c(ccc4ccccc34)C2)N2Cc3ccc4ccccc4c3-c3c(ccc4ccccc34)C2)cc1. The van der Waals surface area contributed by atoms with Crippen LogP contribution in [-0.4, -0.2) is 9.80 Å². The molecular weight excluding hydrogens is 725 g/mol. The Hall–Kier alpha value is -6.84. The summed E-state index contributed by atoms with van der Waals surface area (Å²) in [6.07, 6.45) is 0. The molecule has 0 aromatic heterocycles. The minimum atomic E-state index is 0.0243. The van der Waals surface area contributed by atoms with Crippen LogP contribution in [0.4, 0.5) is 0 Å². The molecule has 286 valence electrons. The van der Waals surface area contributed by atoms with Gasteiger partial charge in [-0.15, -0.1) is 0 Å². The van der Waals surface area contributed by atoms with E-state index in [0.29, 0.717) is 0 Å². The van der Waals surface area contributed by atoms with Crippen LogP contribution in [0.3, 0.4) is 0 Å². The van der Waals surface area contributed by atoms with E-state index in [0.717, 1.165) is 26.2 Å². The summed E-state index contributed by atoms with van der Waals surface area (Å²) in [5, 5.41) is 10.4. The standard InChI is InChI=1S/C58H44N2/c1-3-19-43(20-4-1)57(59-35-45-31-27-39-15-7-11-23-49(39)53(45)54-46(36-59)32-28-40-16-8-12-24-50(40)54)58(44-21-5-2-6-22-44)60-37-47-33-29-41-17-9-13-25-51(41)55(47)56-48(38-60)34-30-42-18-10-14-26-52(42)56/h1-34,57-58H,35-38H2. The van der Waals surface area contributed by atoms with E-state index in [9.17, 15) is 0 Å². The number of nitrogens with zero attached hydrogens (tertiary/aromatic N) is 2. The van der Waals surface area contributed by atoms with Crippen LogP contribution in [0, 0.1) is 0 Å². The molecule has 2 nitrogen and oxygen atoms in total. The summed E-state index contributed by atoms with van der Waals surface area (Å²) in [5.74, 6) is 0. The number of benzene rings is 10. The molecule has 0 amide bonds. The zero-order valence-corrected chi connectivity index (χ0v) is 33.5. The van der Waals surface area contributed by atoms with Gasteiger partial charge < -0.3 is 0 Å². The summed E-state index contributed by atoms with van der Waals surface area (Å²) < 4.78 is 0. The molecule has 0 aliphatic carbocycles. The lowest BCUT2D eigenvalue weighted by atomic mass is 9.88. The van der Waals surface area contributed by atoms with Crippen molar-refractivity contribution in [2.45, 2.75) is 38.3 Å². The van der Waals surface area contributed by atoms with Crippen molar-refractivity contribution in [3.63, 3.8) is 0 Å². The lowest BCUT2D eigenvalue weighted by molar-refractivity contribution is 0.0561. The molecule has 0 fully saturated rings. The van der Waals surface area contributed by atoms with Gasteiger partial charge >= 0.3 is 0 Å². The van der Waals surface area contributed by atoms with Gasteiger partial charge in [-0.1, -0.05) is 206 Å². The minimum Gasteiger partial charge on any atom is -0.286 e. The fraction of sp³-hybridized carbons (Fsp3) is 0.103. The first-order chi connectivity index (χ1) is 29.8. The molecule has 2 heteroatoms. The molecule has 0 saturated carbocycles. The predicted molar refractivity (Wildman–Crippen MR) is 251 cm³/mol. The maximum atomic E-state index is 2.80. The second-order valence-electron chi connectivity index (χ2n) is 16.8. The molecule has 2 aliphatic heterocycles. The van der Waals surface area contributed by atoms with Gasteiger partial charge in [0.25, 0.3) is 0 Å². The predicted octanol–water partition coefficient (Wildman–Crippen LogP) is 14.4. The highest BCUT2D eigenvalue weighted by Crippen LogP contribution is 2.50. The average molecular weight is 769 g/mol. The van der Waals surface area contributed by atoms with Crippen molar-refractivity contribution in [2.75, 3.05) is 0 Å². The number of rotatable bonds is 5. The summed E-state index contributed by atoms with van der Waals surface area (Å²) in [6, 6.07) is 77.7. The van der Waals surface area contributed by atoms with Crippen LogP contribution in [0.1, 0.15) is 45.5 Å². The summed E-state index contributed by atoms with van der Waals surface area (Å²) in [5.41, 5.74) is 13.7. The third kappa shape index (κ3) is 5.79. The number of hydrogen-bond acceptors (Lipinski definition) is 2. The van der Waals surface area contributed by atoms with E-state index in [2.05, 4.69) is 216 Å². The van der Waals surface area contributed by atoms with E-state index in [1.807, 2.05) is 0 Å². The van der Waals surface area contributed by atoms with Crippen molar-refractivity contribution in [2.24, 2.45) is 0 Å². The van der Waals surface area contributed by atoms with Crippen molar-refractivity contribution in [3.8, 4) is 22.3 Å². The average Bonchev–Trinajstić information content (AvgIpc) is 3.60. The molecule has 0 spiro atoms. The fourth-order valence-corrected chi connectivity index (χ4v) is 10.8. The van der Waals surface area contributed by atoms with Gasteiger partial charge in [-0.2, -0.15) is 0 Å². The molecule has 2 unspecified atom stereocenters. The molecule has 2 aliphatic rings. The fourth-order valence-electron chi connectivity index (χ4n) is 10.8. The van der Waals surface area contributed by atoms with Gasteiger partial charge in [-0.25, -0.2) is 0 Å². The van der Waals surface area contributed by atoms with Crippen molar-refractivity contribution >= 4 is 43.1 Å². The first-order valence-corrected chi connectivity index (χ1v) is 21.4. The maximum absolute atomic E-state index is 2.80. The smallest absolute Gasteiger partial charge is 0.0552 e. The van der Waals surface area contributed by atoms with Crippen LogP contribution >= 0.6 is 0 Å². The molecule has 2 heterocycles. The van der Waals surface area contributed by atoms with Crippen molar-refractivity contribution in [3.05, 3.63) is 240 Å². The summed E-state index contributed by atoms with van der Waals surface area (Å²) in [7, 11) is 0. The quantitative estimate of drug-likeness (QED) is 0.172. The Morgan fingerprint density at radius 2 is 0.500 bits per heavy atom. The highest BCUT2D eigenvalue weighted by molar-refractivity contribution is 6.09. The number of hydrogen-bond donors (Lipinski definition) is 0. The van der Waals surface area contributed by atoms with Crippen LogP contribution in [0.15, 0.2) is 206 Å². The molecule has 12 rings (SSSR count). The minimum absolute atomic E-state index is 0.0243. The zero-order valence-electron chi connectivity index (χ0n) is 33.5. The summed E-state index contributed by atoms with van der Waals surface area (Å²) >= 11 is 0. The van der Waals surface area contributed by atoms with Crippen LogP contribution in [0.5, 0.6) is 0 Å². The first kappa shape index (κ1) is 35.1. The van der Waals surface area contributed by atoms with E-state index in [1.165, 1.54) is 98.7 Å². The molecule has 10 aromatic rings. The normalized spacial score (nSPS) is 15.1. The Kier molecular flexibility index (Phi) is 8.47. The summed E-state index contributed by atoms with van der Waals surface area (Å²) in [6.45, 7) is 3.29. The van der Waals surface area contributed by atoms with Gasteiger partial charge in [0.2, 0.25) is 0 Å². The Balaban J connectivity index is 1.10. The van der Waals surface area contributed by atoms with Gasteiger partial charge in [0.1, 0.15) is 0 Å². The molecule has 10 aromatic carbocycles. The third-order valence-electron chi connectivity index (χ3n) is 13.4. The van der Waals surface area contributed by atoms with E-state index in [-0.39, 0.29) is 12.1 Å². The topological polar surface area (TPSA) is 6.48 Å². The third-order valence-corrected chi connectivity index (χ3v) is 13.4. The lowest BCUT2D eigenvalue weighted by Crippen LogP contribution is -2.40. The Morgan fingerprint density at radius 1 is 0.250 bits per heavy atom. The highest BCUT2D eigenvalue weighted by atomic mass is 15.3. The van der Waals surface area contributed by atoms with Gasteiger partial charge in [0, 0.05) is 26.2 Å². The van der Waals surface area contributed by atoms with Crippen LogP contribution in [0.25, 0.3) is 65.3 Å². The molecule has 60 heavy (non-hydrogen) atoms. The van der Waals surface area contributed by atoms with Crippen molar-refractivity contribution in [1.82, 2.24) is 9.80 Å². The molecule has 0 bridgehead atoms. The molecular formula is C58H44N2. The van der Waals surface area contributed by atoms with Gasteiger partial charge in [-0.3, -0.25) is 9.80 Å². The molecule has 0 N–H and O–H groups in total. The molecule has 2 atom stereocenters. The second kappa shape index (κ2) is 14.5. The Labute approximate surface area is 351 Å². The molecule has 0 radical (unpaired) electrons. The number of fused-ring (bicyclic) bond motifs is 14. The van der Waals surface area contributed by atoms with Crippen LogP contribution < -0.4 is 0 Å². The molecule has 0 saturated heterocycles. The Bertz CT molecular complexity index is 2850. The van der Waals surface area contributed by atoms with Gasteiger partial charge in [0.15, 0.2) is 0 Å². The van der Waals surface area contributed by atoms with Gasteiger partial charge in [-0.05, 0) is 98.7 Å². The monoisotopic (exact) mass is 768 g/mol. The zero-order chi connectivity index (χ0) is 39.6. The highest BCUT2D eigenvalue weighted by Gasteiger charge is 2.38. The van der Waals surface area contributed by atoms with E-state index in [4.69, 9.17) is 0 Å². The largest absolute Gasteiger partial charge is 0.286 e. The van der Waals surface area contributed by atoms with E-state index < -0.39 is 0 Å². The first-order valence-electron chi connectivity index (χ1n) is 21.4.